The van der Waals surface area contributed by atoms with Gasteiger partial charge in [0, 0.05) is 13.0 Å². The molecule has 2 atom stereocenters. The van der Waals surface area contributed by atoms with E-state index in [0.29, 0.717) is 24.7 Å². The number of nitrogens with zero attached hydrogens (tertiary/aromatic N) is 2. The summed E-state index contributed by atoms with van der Waals surface area (Å²) in [6, 6.07) is 10.8. The average Bonchev–Trinajstić information content (AvgIpc) is 2.60. The first-order valence-corrected chi connectivity index (χ1v) is 9.56. The Labute approximate surface area is 147 Å². The van der Waals surface area contributed by atoms with Crippen molar-refractivity contribution in [2.24, 2.45) is 5.92 Å². The zero-order chi connectivity index (χ0) is 17.0. The SMILES string of the molecule is CN1CCC(C)(c2ccccc2)C(CC(=O)CN2CCCCC2)C1. The van der Waals surface area contributed by atoms with Gasteiger partial charge in [-0.1, -0.05) is 43.7 Å². The lowest BCUT2D eigenvalue weighted by molar-refractivity contribution is -0.122. The Morgan fingerprint density at radius 1 is 1.12 bits per heavy atom. The number of piperidine rings is 2. The summed E-state index contributed by atoms with van der Waals surface area (Å²) >= 11 is 0. The van der Waals surface area contributed by atoms with Crippen molar-refractivity contribution in [3.8, 4) is 0 Å². The zero-order valence-corrected chi connectivity index (χ0v) is 15.3. The van der Waals surface area contributed by atoms with Gasteiger partial charge >= 0.3 is 0 Å². The van der Waals surface area contributed by atoms with E-state index in [0.717, 1.165) is 32.6 Å². The average molecular weight is 329 g/mol. The monoisotopic (exact) mass is 328 g/mol. The van der Waals surface area contributed by atoms with Crippen LogP contribution in [0.4, 0.5) is 0 Å². The first kappa shape index (κ1) is 17.6. The Morgan fingerprint density at radius 2 is 1.83 bits per heavy atom. The highest BCUT2D eigenvalue weighted by Crippen LogP contribution is 2.41. The lowest BCUT2D eigenvalue weighted by Gasteiger charge is -2.45. The van der Waals surface area contributed by atoms with Gasteiger partial charge in [-0.3, -0.25) is 9.69 Å². The number of likely N-dealkylation sites (tertiary alicyclic amines) is 2. The third-order valence-electron chi connectivity index (χ3n) is 6.20. The predicted molar refractivity (Wildman–Crippen MR) is 99.3 cm³/mol. The summed E-state index contributed by atoms with van der Waals surface area (Å²) in [5.41, 5.74) is 1.51. The molecule has 1 aromatic carbocycles. The van der Waals surface area contributed by atoms with Crippen LogP contribution in [0.2, 0.25) is 0 Å². The molecule has 0 amide bonds. The maximum absolute atomic E-state index is 12.7. The zero-order valence-electron chi connectivity index (χ0n) is 15.3. The molecule has 0 radical (unpaired) electrons. The molecule has 3 rings (SSSR count). The molecule has 0 N–H and O–H groups in total. The van der Waals surface area contributed by atoms with Gasteiger partial charge in [0.15, 0.2) is 0 Å². The van der Waals surface area contributed by atoms with E-state index in [1.54, 1.807) is 0 Å². The lowest BCUT2D eigenvalue weighted by Crippen LogP contribution is -2.48. The number of hydrogen-bond donors (Lipinski definition) is 0. The van der Waals surface area contributed by atoms with Crippen LogP contribution in [0.3, 0.4) is 0 Å². The van der Waals surface area contributed by atoms with Crippen LogP contribution >= 0.6 is 0 Å². The summed E-state index contributed by atoms with van der Waals surface area (Å²) in [4.78, 5) is 17.5. The van der Waals surface area contributed by atoms with Gasteiger partial charge in [0.2, 0.25) is 0 Å². The van der Waals surface area contributed by atoms with Crippen LogP contribution in [-0.2, 0) is 10.2 Å². The van der Waals surface area contributed by atoms with Crippen LogP contribution in [0, 0.1) is 5.92 Å². The van der Waals surface area contributed by atoms with Crippen molar-refractivity contribution < 1.29 is 4.79 Å². The molecule has 2 fully saturated rings. The van der Waals surface area contributed by atoms with Crippen molar-refractivity contribution in [3.05, 3.63) is 35.9 Å². The fraction of sp³-hybridized carbons (Fsp3) is 0.667. The van der Waals surface area contributed by atoms with Crippen LogP contribution in [0.25, 0.3) is 0 Å². The van der Waals surface area contributed by atoms with Crippen LogP contribution in [0.15, 0.2) is 30.3 Å². The standard InChI is InChI=1S/C21H32N2O/c1-21(18-9-5-3-6-10-18)11-14-22(2)16-19(21)15-20(24)17-23-12-7-4-8-13-23/h3,5-6,9-10,19H,4,7-8,11-17H2,1-2H3. The van der Waals surface area contributed by atoms with Crippen molar-refractivity contribution in [2.75, 3.05) is 39.8 Å². The van der Waals surface area contributed by atoms with Crippen LogP contribution in [0.5, 0.6) is 0 Å². The normalized spacial score (nSPS) is 29.5. The van der Waals surface area contributed by atoms with Crippen molar-refractivity contribution >= 4 is 5.78 Å². The van der Waals surface area contributed by atoms with E-state index in [9.17, 15) is 4.79 Å². The molecule has 1 aromatic rings. The molecule has 0 saturated carbocycles. The predicted octanol–water partition coefficient (Wildman–Crippen LogP) is 3.34. The van der Waals surface area contributed by atoms with E-state index in [2.05, 4.69) is 54.1 Å². The number of carbonyl (C=O) groups is 1. The second-order valence-electron chi connectivity index (χ2n) is 8.07. The quantitative estimate of drug-likeness (QED) is 0.828. The summed E-state index contributed by atoms with van der Waals surface area (Å²) < 4.78 is 0. The molecular formula is C21H32N2O. The summed E-state index contributed by atoms with van der Waals surface area (Å²) in [5.74, 6) is 0.843. The number of benzene rings is 1. The summed E-state index contributed by atoms with van der Waals surface area (Å²) in [6.45, 7) is 7.37. The van der Waals surface area contributed by atoms with Gasteiger partial charge in [0.1, 0.15) is 5.78 Å². The number of hydrogen-bond acceptors (Lipinski definition) is 3. The first-order valence-electron chi connectivity index (χ1n) is 9.56. The summed E-state index contributed by atoms with van der Waals surface area (Å²) in [6.07, 6.45) is 5.67. The summed E-state index contributed by atoms with van der Waals surface area (Å²) in [5, 5.41) is 0. The van der Waals surface area contributed by atoms with Gasteiger partial charge in [0.05, 0.1) is 6.54 Å². The molecule has 2 unspecified atom stereocenters. The molecule has 0 aliphatic carbocycles. The van der Waals surface area contributed by atoms with E-state index >= 15 is 0 Å². The van der Waals surface area contributed by atoms with Gasteiger partial charge in [-0.2, -0.15) is 0 Å². The van der Waals surface area contributed by atoms with Crippen LogP contribution in [-0.4, -0.2) is 55.4 Å². The molecule has 2 heterocycles. The van der Waals surface area contributed by atoms with Gasteiger partial charge in [-0.25, -0.2) is 0 Å². The third-order valence-corrected chi connectivity index (χ3v) is 6.20. The van der Waals surface area contributed by atoms with E-state index < -0.39 is 0 Å². The Hall–Kier alpha value is -1.19. The number of Topliss-reactive ketones (excluding diaryl/α,β-unsaturated/α-hetero) is 1. The van der Waals surface area contributed by atoms with E-state index in [1.165, 1.54) is 24.8 Å². The lowest BCUT2D eigenvalue weighted by atomic mass is 9.65. The minimum absolute atomic E-state index is 0.116. The van der Waals surface area contributed by atoms with E-state index in [1.807, 2.05) is 0 Å². The number of carbonyl (C=O) groups excluding carboxylic acids is 1. The second-order valence-corrected chi connectivity index (χ2v) is 8.07. The van der Waals surface area contributed by atoms with Crippen LogP contribution in [0.1, 0.15) is 44.6 Å². The maximum atomic E-state index is 12.7. The summed E-state index contributed by atoms with van der Waals surface area (Å²) in [7, 11) is 2.19. The molecule has 0 spiro atoms. The van der Waals surface area contributed by atoms with Gasteiger partial charge < -0.3 is 4.90 Å². The highest BCUT2D eigenvalue weighted by Gasteiger charge is 2.40. The second kappa shape index (κ2) is 7.79. The number of rotatable bonds is 5. The largest absolute Gasteiger partial charge is 0.306 e. The smallest absolute Gasteiger partial charge is 0.147 e. The molecule has 0 aromatic heterocycles. The molecular weight excluding hydrogens is 296 g/mol. The third kappa shape index (κ3) is 4.07. The van der Waals surface area contributed by atoms with E-state index in [-0.39, 0.29) is 5.41 Å². The molecule has 24 heavy (non-hydrogen) atoms. The molecule has 2 aliphatic rings. The minimum Gasteiger partial charge on any atom is -0.306 e. The maximum Gasteiger partial charge on any atom is 0.147 e. The number of ketones is 1. The molecule has 2 aliphatic heterocycles. The fourth-order valence-electron chi connectivity index (χ4n) is 4.49. The Morgan fingerprint density at radius 3 is 2.54 bits per heavy atom. The molecule has 132 valence electrons. The van der Waals surface area contributed by atoms with Gasteiger partial charge in [-0.15, -0.1) is 0 Å². The molecule has 3 heteroatoms. The topological polar surface area (TPSA) is 23.6 Å². The molecule has 0 bridgehead atoms. The van der Waals surface area contributed by atoms with Crippen LogP contribution < -0.4 is 0 Å². The highest BCUT2D eigenvalue weighted by molar-refractivity contribution is 5.81. The van der Waals surface area contributed by atoms with E-state index in [4.69, 9.17) is 0 Å². The highest BCUT2D eigenvalue weighted by atomic mass is 16.1. The Bertz CT molecular complexity index is 538. The Balaban J connectivity index is 1.69. The first-order chi connectivity index (χ1) is 11.6. The van der Waals surface area contributed by atoms with Gasteiger partial charge in [-0.05, 0) is 62.8 Å². The molecule has 3 nitrogen and oxygen atoms in total. The Kier molecular flexibility index (Phi) is 5.72. The van der Waals surface area contributed by atoms with Crippen molar-refractivity contribution in [3.63, 3.8) is 0 Å². The minimum atomic E-state index is 0.116. The van der Waals surface area contributed by atoms with Crippen molar-refractivity contribution in [1.82, 2.24) is 9.80 Å². The fourth-order valence-corrected chi connectivity index (χ4v) is 4.49. The van der Waals surface area contributed by atoms with Gasteiger partial charge in [0.25, 0.3) is 0 Å². The molecule has 2 saturated heterocycles. The van der Waals surface area contributed by atoms with Crippen molar-refractivity contribution in [2.45, 2.75) is 44.4 Å². The van der Waals surface area contributed by atoms with Crippen molar-refractivity contribution in [1.29, 1.82) is 0 Å².